The predicted molar refractivity (Wildman–Crippen MR) is 106 cm³/mol. The summed E-state index contributed by atoms with van der Waals surface area (Å²) in [6.45, 7) is 1.06. The lowest BCUT2D eigenvalue weighted by Crippen LogP contribution is -2.35. The van der Waals surface area contributed by atoms with Crippen LogP contribution in [0, 0.1) is 5.92 Å². The van der Waals surface area contributed by atoms with Gasteiger partial charge in [0.25, 0.3) is 0 Å². The Hall–Kier alpha value is -3.74. The summed E-state index contributed by atoms with van der Waals surface area (Å²) in [4.78, 5) is 41.6. The Bertz CT molecular complexity index is 1130. The molecule has 0 amide bonds. The number of carbonyl (C=O) groups excluding carboxylic acids is 3. The maximum Gasteiger partial charge on any atom is 0.315 e. The molecule has 2 atom stereocenters. The van der Waals surface area contributed by atoms with E-state index in [1.807, 2.05) is 12.1 Å². The highest BCUT2D eigenvalue weighted by Gasteiger charge is 2.46. The average molecular weight is 404 g/mol. The predicted octanol–water partition coefficient (Wildman–Crippen LogP) is 1.77. The lowest BCUT2D eigenvalue weighted by atomic mass is 9.75. The molecule has 1 aliphatic heterocycles. The van der Waals surface area contributed by atoms with Gasteiger partial charge in [-0.25, -0.2) is 0 Å². The number of nitrogens with zero attached hydrogens (tertiary/aromatic N) is 1. The summed E-state index contributed by atoms with van der Waals surface area (Å²) in [6.07, 6.45) is 0. The van der Waals surface area contributed by atoms with Crippen molar-refractivity contribution in [1.82, 2.24) is 0 Å². The van der Waals surface area contributed by atoms with Gasteiger partial charge in [-0.1, -0.05) is 42.5 Å². The highest BCUT2D eigenvalue weighted by Crippen LogP contribution is 2.49. The van der Waals surface area contributed by atoms with Gasteiger partial charge in [-0.3, -0.25) is 14.6 Å². The molecule has 0 saturated heterocycles. The number of allylic oxidation sites excluding steroid dienone is 1. The molecule has 30 heavy (non-hydrogen) atoms. The molecule has 0 bridgehead atoms. The fourth-order valence-corrected chi connectivity index (χ4v) is 4.12. The standard InChI is InChI=1S/C23H19NO6/c1-12-18(23(28)29-2)19(15-9-5-6-10-16(15)30-11-17(25)26)20-21(24-12)13-7-3-4-8-14(13)22(20)27/h3-10,18-19H,11H2,1-2H3,(H,25,26)/p-1/t18?,19-/m0/s1. The van der Waals surface area contributed by atoms with Crippen LogP contribution in [0.3, 0.4) is 0 Å². The number of carboxylic acids is 1. The van der Waals surface area contributed by atoms with E-state index in [0.29, 0.717) is 33.7 Å². The number of aliphatic imine (C=N–C) groups is 1. The fraction of sp³-hybridized carbons (Fsp3) is 0.217. The Morgan fingerprint density at radius 3 is 2.43 bits per heavy atom. The van der Waals surface area contributed by atoms with Crippen LogP contribution in [0.25, 0.3) is 5.70 Å². The molecule has 2 aromatic carbocycles. The maximum absolute atomic E-state index is 13.3. The highest BCUT2D eigenvalue weighted by molar-refractivity contribution is 6.24. The molecule has 0 spiro atoms. The van der Waals surface area contributed by atoms with Crippen LogP contribution in [0.5, 0.6) is 5.75 Å². The number of rotatable bonds is 5. The third-order valence-electron chi connectivity index (χ3n) is 5.36. The third kappa shape index (κ3) is 3.08. The molecule has 2 aromatic rings. The van der Waals surface area contributed by atoms with Gasteiger partial charge < -0.3 is 19.4 Å². The molecular formula is C23H18NO6-. The molecule has 1 heterocycles. The summed E-state index contributed by atoms with van der Waals surface area (Å²) in [7, 11) is 1.28. The second-order valence-corrected chi connectivity index (χ2v) is 7.07. The van der Waals surface area contributed by atoms with Crippen LogP contribution in [-0.2, 0) is 14.3 Å². The van der Waals surface area contributed by atoms with E-state index in [-0.39, 0.29) is 11.5 Å². The zero-order valence-electron chi connectivity index (χ0n) is 16.4. The van der Waals surface area contributed by atoms with Crippen molar-refractivity contribution in [3.63, 3.8) is 0 Å². The van der Waals surface area contributed by atoms with Crippen molar-refractivity contribution in [3.8, 4) is 5.75 Å². The van der Waals surface area contributed by atoms with Crippen LogP contribution in [0.4, 0.5) is 0 Å². The van der Waals surface area contributed by atoms with Crippen molar-refractivity contribution in [2.24, 2.45) is 10.9 Å². The zero-order chi connectivity index (χ0) is 21.4. The zero-order valence-corrected chi connectivity index (χ0v) is 16.4. The van der Waals surface area contributed by atoms with Crippen LogP contribution in [0.15, 0.2) is 59.1 Å². The minimum absolute atomic E-state index is 0.217. The monoisotopic (exact) mass is 404 g/mol. The molecule has 7 heteroatoms. The molecule has 0 saturated carbocycles. The molecule has 0 N–H and O–H groups in total. The number of esters is 1. The van der Waals surface area contributed by atoms with Crippen molar-refractivity contribution >= 4 is 29.1 Å². The number of carbonyl (C=O) groups is 3. The van der Waals surface area contributed by atoms with E-state index in [1.54, 1.807) is 43.3 Å². The quantitative estimate of drug-likeness (QED) is 0.704. The van der Waals surface area contributed by atoms with Crippen molar-refractivity contribution in [2.45, 2.75) is 12.8 Å². The van der Waals surface area contributed by atoms with Crippen LogP contribution in [0.1, 0.15) is 34.3 Å². The summed E-state index contributed by atoms with van der Waals surface area (Å²) >= 11 is 0. The molecule has 0 fully saturated rings. The summed E-state index contributed by atoms with van der Waals surface area (Å²) in [5, 5.41) is 10.9. The third-order valence-corrected chi connectivity index (χ3v) is 5.36. The Balaban J connectivity index is 1.92. The number of para-hydroxylation sites is 1. The van der Waals surface area contributed by atoms with Crippen molar-refractivity contribution in [1.29, 1.82) is 0 Å². The second-order valence-electron chi connectivity index (χ2n) is 7.07. The van der Waals surface area contributed by atoms with Crippen LogP contribution >= 0.6 is 0 Å². The molecule has 0 radical (unpaired) electrons. The number of Topliss-reactive ketones (excluding diaryl/α,β-unsaturated/α-hetero) is 1. The normalized spacial score (nSPS) is 19.7. The van der Waals surface area contributed by atoms with E-state index in [1.165, 1.54) is 7.11 Å². The van der Waals surface area contributed by atoms with E-state index in [9.17, 15) is 19.5 Å². The first kappa shape index (κ1) is 19.6. The van der Waals surface area contributed by atoms with Crippen LogP contribution < -0.4 is 9.84 Å². The molecule has 4 rings (SSSR count). The topological polar surface area (TPSA) is 105 Å². The fourth-order valence-electron chi connectivity index (χ4n) is 4.12. The molecule has 0 aromatic heterocycles. The van der Waals surface area contributed by atoms with E-state index < -0.39 is 30.4 Å². The Morgan fingerprint density at radius 1 is 1.07 bits per heavy atom. The lowest BCUT2D eigenvalue weighted by Gasteiger charge is -2.31. The van der Waals surface area contributed by atoms with Gasteiger partial charge in [0.1, 0.15) is 18.3 Å². The first-order valence-electron chi connectivity index (χ1n) is 9.37. The summed E-state index contributed by atoms with van der Waals surface area (Å²) in [6, 6.07) is 13.9. The number of ketones is 1. The Kier molecular flexibility index (Phi) is 4.95. The summed E-state index contributed by atoms with van der Waals surface area (Å²) in [5.41, 5.74) is 3.14. The van der Waals surface area contributed by atoms with Gasteiger partial charge in [0.2, 0.25) is 0 Å². The largest absolute Gasteiger partial charge is 0.546 e. The van der Waals surface area contributed by atoms with Gasteiger partial charge in [0, 0.05) is 33.9 Å². The van der Waals surface area contributed by atoms with Gasteiger partial charge in [-0.05, 0) is 13.0 Å². The van der Waals surface area contributed by atoms with Gasteiger partial charge >= 0.3 is 5.97 Å². The molecule has 2 aliphatic rings. The van der Waals surface area contributed by atoms with Crippen LogP contribution in [0.2, 0.25) is 0 Å². The molecule has 1 aliphatic carbocycles. The number of ether oxygens (including phenoxy) is 2. The van der Waals surface area contributed by atoms with E-state index >= 15 is 0 Å². The minimum Gasteiger partial charge on any atom is -0.546 e. The van der Waals surface area contributed by atoms with Gasteiger partial charge in [0.15, 0.2) is 5.78 Å². The number of methoxy groups -OCH3 is 1. The number of fused-ring (bicyclic) bond motifs is 2. The molecule has 7 nitrogen and oxygen atoms in total. The number of carboxylic acid groups (broad SMARTS) is 1. The first-order chi connectivity index (χ1) is 14.4. The van der Waals surface area contributed by atoms with Crippen LogP contribution in [-0.4, -0.2) is 37.2 Å². The average Bonchev–Trinajstić information content (AvgIpc) is 3.03. The number of benzene rings is 2. The molecule has 1 unspecified atom stereocenters. The minimum atomic E-state index is -1.38. The van der Waals surface area contributed by atoms with E-state index in [4.69, 9.17) is 9.47 Å². The van der Waals surface area contributed by atoms with Crippen molar-refractivity contribution < 1.29 is 29.0 Å². The van der Waals surface area contributed by atoms with Gasteiger partial charge in [0.05, 0.1) is 18.8 Å². The Labute approximate surface area is 172 Å². The maximum atomic E-state index is 13.3. The van der Waals surface area contributed by atoms with Gasteiger partial charge in [-0.15, -0.1) is 0 Å². The smallest absolute Gasteiger partial charge is 0.315 e. The van der Waals surface area contributed by atoms with Gasteiger partial charge in [-0.2, -0.15) is 0 Å². The van der Waals surface area contributed by atoms with Crippen molar-refractivity contribution in [3.05, 3.63) is 70.8 Å². The van der Waals surface area contributed by atoms with E-state index in [0.717, 1.165) is 0 Å². The number of aliphatic carboxylic acids is 1. The van der Waals surface area contributed by atoms with E-state index in [2.05, 4.69) is 4.99 Å². The second kappa shape index (κ2) is 7.59. The summed E-state index contributed by atoms with van der Waals surface area (Å²) < 4.78 is 10.4. The first-order valence-corrected chi connectivity index (χ1v) is 9.37. The molecule has 152 valence electrons. The SMILES string of the molecule is COC(=O)C1C(C)=NC2=C(C(=O)c3ccccc32)[C@H]1c1ccccc1OCC(=O)[O-]. The lowest BCUT2D eigenvalue weighted by molar-refractivity contribution is -0.307. The Morgan fingerprint density at radius 2 is 1.73 bits per heavy atom. The highest BCUT2D eigenvalue weighted by atomic mass is 16.5. The summed E-state index contributed by atoms with van der Waals surface area (Å²) in [5.74, 6) is -3.45. The number of hydrogen-bond acceptors (Lipinski definition) is 7. The molecular weight excluding hydrogens is 386 g/mol. The number of hydrogen-bond donors (Lipinski definition) is 0. The van der Waals surface area contributed by atoms with Crippen molar-refractivity contribution in [2.75, 3.05) is 13.7 Å².